The van der Waals surface area contributed by atoms with Gasteiger partial charge in [-0.05, 0) is 42.5 Å². The molecule has 5 rings (SSSR count). The van der Waals surface area contributed by atoms with Crippen molar-refractivity contribution in [3.8, 4) is 17.1 Å². The Morgan fingerprint density at radius 1 is 1.00 bits per heavy atom. The van der Waals surface area contributed by atoms with Gasteiger partial charge in [-0.15, -0.1) is 11.3 Å². The van der Waals surface area contributed by atoms with E-state index in [1.54, 1.807) is 36.4 Å². The highest BCUT2D eigenvalue weighted by molar-refractivity contribution is 7.16. The van der Waals surface area contributed by atoms with E-state index in [1.807, 2.05) is 6.07 Å². The maximum atomic E-state index is 13.4. The van der Waals surface area contributed by atoms with E-state index >= 15 is 0 Å². The molecule has 0 aliphatic rings. The smallest absolute Gasteiger partial charge is 0.281 e. The van der Waals surface area contributed by atoms with E-state index in [2.05, 4.69) is 15.4 Å². The minimum atomic E-state index is -0.571. The van der Waals surface area contributed by atoms with Crippen molar-refractivity contribution in [2.45, 2.75) is 13.1 Å². The molecule has 0 saturated heterocycles. The van der Waals surface area contributed by atoms with E-state index in [0.717, 1.165) is 14.1 Å². The molecule has 0 radical (unpaired) electrons. The standard InChI is InChI=1S/C27H19Cl2N5O4S/c28-20-4-2-1-3-18(20)27(38)34-24(31-14-17-5-7-23(29)39-17)13-21(32-34)19-6-8-25(36)33(26(19)37)15-22(35)16-9-11-30-12-10-16/h1-13,31,37H,14-15H2. The number of carbonyl (C=O) groups is 2. The van der Waals surface area contributed by atoms with Crippen LogP contribution in [-0.4, -0.2) is 36.1 Å². The van der Waals surface area contributed by atoms with Crippen molar-refractivity contribution in [1.29, 1.82) is 0 Å². The minimum absolute atomic E-state index is 0.157. The summed E-state index contributed by atoms with van der Waals surface area (Å²) in [5, 5.41) is 18.9. The molecular formula is C27H19Cl2N5O4S. The molecule has 39 heavy (non-hydrogen) atoms. The van der Waals surface area contributed by atoms with Crippen LogP contribution in [0.25, 0.3) is 11.3 Å². The highest BCUT2D eigenvalue weighted by atomic mass is 35.5. The SMILES string of the molecule is O=C(Cn1c(O)c(-c2cc(NCc3ccc(Cl)s3)n(C(=O)c3ccccc3Cl)n2)ccc1=O)c1ccncc1. The molecule has 0 amide bonds. The molecule has 0 atom stereocenters. The number of carbonyl (C=O) groups excluding carboxylic acids is 2. The van der Waals surface area contributed by atoms with E-state index in [0.29, 0.717) is 22.3 Å². The largest absolute Gasteiger partial charge is 0.494 e. The van der Waals surface area contributed by atoms with Gasteiger partial charge in [0.15, 0.2) is 5.78 Å². The van der Waals surface area contributed by atoms with Crippen LogP contribution in [0.15, 0.2) is 83.9 Å². The van der Waals surface area contributed by atoms with Gasteiger partial charge in [0.2, 0.25) is 5.88 Å². The predicted molar refractivity (Wildman–Crippen MR) is 150 cm³/mol. The Morgan fingerprint density at radius 2 is 1.77 bits per heavy atom. The van der Waals surface area contributed by atoms with Crippen molar-refractivity contribution < 1.29 is 14.7 Å². The first-order chi connectivity index (χ1) is 18.8. The summed E-state index contributed by atoms with van der Waals surface area (Å²) in [4.78, 5) is 43.6. The van der Waals surface area contributed by atoms with Gasteiger partial charge in [0, 0.05) is 35.0 Å². The molecule has 12 heteroatoms. The molecule has 0 aliphatic carbocycles. The topological polar surface area (TPSA) is 119 Å². The lowest BCUT2D eigenvalue weighted by molar-refractivity contribution is 0.0945. The lowest BCUT2D eigenvalue weighted by atomic mass is 10.1. The second-order valence-corrected chi connectivity index (χ2v) is 10.5. The average molecular weight is 580 g/mol. The van der Waals surface area contributed by atoms with Crippen LogP contribution in [0.5, 0.6) is 5.88 Å². The highest BCUT2D eigenvalue weighted by Crippen LogP contribution is 2.31. The molecule has 4 aromatic heterocycles. The number of nitrogens with one attached hydrogen (secondary N) is 1. The molecule has 2 N–H and O–H groups in total. The quantitative estimate of drug-likeness (QED) is 0.237. The first kappa shape index (κ1) is 26.4. The van der Waals surface area contributed by atoms with E-state index in [4.69, 9.17) is 23.2 Å². The molecule has 0 spiro atoms. The highest BCUT2D eigenvalue weighted by Gasteiger charge is 2.22. The van der Waals surface area contributed by atoms with Gasteiger partial charge in [-0.25, -0.2) is 0 Å². The normalized spacial score (nSPS) is 10.9. The van der Waals surface area contributed by atoms with Crippen LogP contribution in [-0.2, 0) is 13.1 Å². The lowest BCUT2D eigenvalue weighted by Gasteiger charge is -2.10. The van der Waals surface area contributed by atoms with E-state index in [1.165, 1.54) is 48.0 Å². The second-order valence-electron chi connectivity index (χ2n) is 8.33. The fourth-order valence-electron chi connectivity index (χ4n) is 3.86. The predicted octanol–water partition coefficient (Wildman–Crippen LogP) is 5.36. The zero-order valence-corrected chi connectivity index (χ0v) is 22.4. The number of aromatic nitrogens is 4. The third-order valence-electron chi connectivity index (χ3n) is 5.81. The molecule has 1 aromatic carbocycles. The van der Waals surface area contributed by atoms with Crippen LogP contribution < -0.4 is 10.9 Å². The van der Waals surface area contributed by atoms with Crippen molar-refractivity contribution >= 4 is 52.0 Å². The molecular weight excluding hydrogens is 561 g/mol. The molecule has 0 aliphatic heterocycles. The molecule has 0 bridgehead atoms. The molecule has 0 unspecified atom stereocenters. The Hall–Kier alpha value is -4.25. The number of hydrogen-bond donors (Lipinski definition) is 2. The minimum Gasteiger partial charge on any atom is -0.494 e. The number of pyridine rings is 2. The zero-order valence-electron chi connectivity index (χ0n) is 20.0. The number of anilines is 1. The maximum Gasteiger partial charge on any atom is 0.281 e. The molecule has 5 aromatic rings. The first-order valence-electron chi connectivity index (χ1n) is 11.6. The number of thiophene rings is 1. The van der Waals surface area contributed by atoms with Gasteiger partial charge < -0.3 is 10.4 Å². The van der Waals surface area contributed by atoms with Crippen molar-refractivity contribution in [2.24, 2.45) is 0 Å². The number of hydrogen-bond acceptors (Lipinski definition) is 8. The summed E-state index contributed by atoms with van der Waals surface area (Å²) < 4.78 is 2.72. The molecule has 4 heterocycles. The number of aromatic hydroxyl groups is 1. The van der Waals surface area contributed by atoms with Crippen LogP contribution in [0.2, 0.25) is 9.36 Å². The van der Waals surface area contributed by atoms with Gasteiger partial charge in [0.25, 0.3) is 11.5 Å². The number of benzene rings is 1. The Bertz CT molecular complexity index is 1750. The van der Waals surface area contributed by atoms with Crippen molar-refractivity contribution in [3.05, 3.63) is 115 Å². The van der Waals surface area contributed by atoms with Crippen molar-refractivity contribution in [1.82, 2.24) is 19.3 Å². The summed E-state index contributed by atoms with van der Waals surface area (Å²) in [6, 6.07) is 17.4. The Kier molecular flexibility index (Phi) is 7.60. The molecule has 9 nitrogen and oxygen atoms in total. The number of rotatable bonds is 8. The molecule has 0 saturated carbocycles. The summed E-state index contributed by atoms with van der Waals surface area (Å²) >= 11 is 13.7. The number of Topliss-reactive ketones (excluding diaryl/α,β-unsaturated/α-hetero) is 1. The fourth-order valence-corrected chi connectivity index (χ4v) is 5.10. The van der Waals surface area contributed by atoms with E-state index in [9.17, 15) is 19.5 Å². The third kappa shape index (κ3) is 5.63. The molecule has 196 valence electrons. The summed E-state index contributed by atoms with van der Waals surface area (Å²) in [6.07, 6.45) is 2.93. The van der Waals surface area contributed by atoms with Crippen LogP contribution >= 0.6 is 34.5 Å². The summed E-state index contributed by atoms with van der Waals surface area (Å²) in [5.74, 6) is -1.02. The Balaban J connectivity index is 1.54. The number of nitrogens with zero attached hydrogens (tertiary/aromatic N) is 4. The zero-order chi connectivity index (χ0) is 27.5. The van der Waals surface area contributed by atoms with Crippen LogP contribution in [0.4, 0.5) is 5.82 Å². The Morgan fingerprint density at radius 3 is 2.49 bits per heavy atom. The van der Waals surface area contributed by atoms with Gasteiger partial charge in [-0.3, -0.25) is 23.9 Å². The summed E-state index contributed by atoms with van der Waals surface area (Å²) in [5.41, 5.74) is 0.359. The van der Waals surface area contributed by atoms with Gasteiger partial charge in [0.05, 0.1) is 33.6 Å². The van der Waals surface area contributed by atoms with Crippen molar-refractivity contribution in [3.63, 3.8) is 0 Å². The van der Waals surface area contributed by atoms with E-state index < -0.39 is 23.9 Å². The van der Waals surface area contributed by atoms with Gasteiger partial charge in [0.1, 0.15) is 11.5 Å². The summed E-state index contributed by atoms with van der Waals surface area (Å²) in [7, 11) is 0. The average Bonchev–Trinajstić information content (AvgIpc) is 3.56. The second kappa shape index (κ2) is 11.2. The number of ketones is 1. The Labute approximate surface area is 235 Å². The maximum absolute atomic E-state index is 13.4. The third-order valence-corrected chi connectivity index (χ3v) is 7.37. The summed E-state index contributed by atoms with van der Waals surface area (Å²) in [6.45, 7) is -0.0454. The van der Waals surface area contributed by atoms with Crippen LogP contribution in [0, 0.1) is 0 Å². The van der Waals surface area contributed by atoms with E-state index in [-0.39, 0.29) is 27.6 Å². The lowest BCUT2D eigenvalue weighted by Crippen LogP contribution is -2.24. The first-order valence-corrected chi connectivity index (χ1v) is 13.1. The van der Waals surface area contributed by atoms with Crippen LogP contribution in [0.3, 0.4) is 0 Å². The van der Waals surface area contributed by atoms with Gasteiger partial charge >= 0.3 is 0 Å². The molecule has 0 fully saturated rings. The van der Waals surface area contributed by atoms with Crippen LogP contribution in [0.1, 0.15) is 25.6 Å². The van der Waals surface area contributed by atoms with Gasteiger partial charge in [-0.1, -0.05) is 35.3 Å². The van der Waals surface area contributed by atoms with Gasteiger partial charge in [-0.2, -0.15) is 9.78 Å². The number of halogens is 2. The fraction of sp³-hybridized carbons (Fsp3) is 0.0741. The monoisotopic (exact) mass is 579 g/mol. The van der Waals surface area contributed by atoms with Crippen molar-refractivity contribution in [2.75, 3.05) is 5.32 Å².